The van der Waals surface area contributed by atoms with Crippen LogP contribution in [0.15, 0.2) is 32.7 Å². The monoisotopic (exact) mass is 480 g/mol. The van der Waals surface area contributed by atoms with Crippen LogP contribution in [0.3, 0.4) is 0 Å². The third-order valence-electron chi connectivity index (χ3n) is 4.71. The number of amides is 1. The van der Waals surface area contributed by atoms with Crippen LogP contribution in [0, 0.1) is 0 Å². The molecular formula is C20H28N6O4S2. The highest BCUT2D eigenvalue weighted by molar-refractivity contribution is 7.99. The molecule has 12 heteroatoms. The highest BCUT2D eigenvalue weighted by atomic mass is 32.2. The number of hydrogen-bond acceptors (Lipinski definition) is 8. The third kappa shape index (κ3) is 5.30. The maximum absolute atomic E-state index is 12.5. The van der Waals surface area contributed by atoms with Gasteiger partial charge in [0.25, 0.3) is 0 Å². The summed E-state index contributed by atoms with van der Waals surface area (Å²) < 4.78 is 33.6. The van der Waals surface area contributed by atoms with E-state index in [2.05, 4.69) is 27.4 Å². The van der Waals surface area contributed by atoms with Gasteiger partial charge in [-0.3, -0.25) is 10.1 Å². The number of fused-ring (bicyclic) bond motifs is 1. The largest absolute Gasteiger partial charge is 0.408 e. The van der Waals surface area contributed by atoms with Gasteiger partial charge in [-0.15, -0.1) is 5.10 Å². The first kappa shape index (κ1) is 24.2. The van der Waals surface area contributed by atoms with Gasteiger partial charge in [-0.1, -0.05) is 44.1 Å². The second kappa shape index (κ2) is 10.0. The fourth-order valence-electron chi connectivity index (χ4n) is 2.91. The molecule has 1 N–H and O–H groups in total. The number of nitrogens with one attached hydrogen (secondary N) is 1. The Bertz CT molecular complexity index is 1200. The maximum atomic E-state index is 12.5. The molecule has 0 aliphatic rings. The van der Waals surface area contributed by atoms with E-state index in [4.69, 9.17) is 4.42 Å². The second-order valence-corrected chi connectivity index (χ2v) is 10.9. The van der Waals surface area contributed by atoms with Crippen LogP contribution >= 0.6 is 11.8 Å². The van der Waals surface area contributed by atoms with Crippen molar-refractivity contribution in [2.75, 3.05) is 25.2 Å². The minimum Gasteiger partial charge on any atom is -0.408 e. The molecule has 10 nitrogen and oxygen atoms in total. The van der Waals surface area contributed by atoms with E-state index < -0.39 is 10.0 Å². The van der Waals surface area contributed by atoms with Gasteiger partial charge in [0.15, 0.2) is 5.16 Å². The number of hydrogen-bond donors (Lipinski definition) is 1. The van der Waals surface area contributed by atoms with Gasteiger partial charge in [0.1, 0.15) is 0 Å². The first-order valence-electron chi connectivity index (χ1n) is 10.3. The van der Waals surface area contributed by atoms with Gasteiger partial charge < -0.3 is 8.98 Å². The van der Waals surface area contributed by atoms with E-state index in [1.807, 2.05) is 18.4 Å². The SMILES string of the molecule is CCCCn1c(SCC(=O)Nc2nnc(C(C)C)o2)nc2cc(S(=O)(=O)N(C)C)ccc21. The van der Waals surface area contributed by atoms with Crippen molar-refractivity contribution in [3.05, 3.63) is 24.1 Å². The van der Waals surface area contributed by atoms with Crippen molar-refractivity contribution in [1.29, 1.82) is 0 Å². The Labute approximate surface area is 191 Å². The van der Waals surface area contributed by atoms with Crippen LogP contribution in [0.4, 0.5) is 6.01 Å². The summed E-state index contributed by atoms with van der Waals surface area (Å²) in [4.78, 5) is 17.2. The third-order valence-corrected chi connectivity index (χ3v) is 7.50. The van der Waals surface area contributed by atoms with Crippen LogP contribution in [0.25, 0.3) is 11.0 Å². The van der Waals surface area contributed by atoms with Crippen molar-refractivity contribution in [3.63, 3.8) is 0 Å². The molecule has 0 aliphatic heterocycles. The van der Waals surface area contributed by atoms with Crippen molar-refractivity contribution < 1.29 is 17.6 Å². The Hall–Kier alpha value is -2.44. The number of anilines is 1. The molecule has 3 rings (SSSR count). The standard InChI is InChI=1S/C20H28N6O4S2/c1-6-7-10-26-16-9-8-14(32(28,29)25(4)5)11-15(16)21-20(26)31-12-17(27)22-19-24-23-18(30-19)13(2)3/h8-9,11,13H,6-7,10,12H2,1-5H3,(H,22,24,27). The molecule has 32 heavy (non-hydrogen) atoms. The Morgan fingerprint density at radius 2 is 2.03 bits per heavy atom. The van der Waals surface area contributed by atoms with Gasteiger partial charge in [0, 0.05) is 26.6 Å². The number of nitrogens with zero attached hydrogens (tertiary/aromatic N) is 5. The van der Waals surface area contributed by atoms with Crippen molar-refractivity contribution in [3.8, 4) is 0 Å². The predicted molar refractivity (Wildman–Crippen MR) is 123 cm³/mol. The summed E-state index contributed by atoms with van der Waals surface area (Å²) >= 11 is 1.27. The lowest BCUT2D eigenvalue weighted by molar-refractivity contribution is -0.113. The van der Waals surface area contributed by atoms with E-state index in [0.29, 0.717) is 16.6 Å². The van der Waals surface area contributed by atoms with E-state index >= 15 is 0 Å². The molecule has 0 spiro atoms. The van der Waals surface area contributed by atoms with E-state index in [1.165, 1.54) is 30.2 Å². The van der Waals surface area contributed by atoms with Gasteiger partial charge in [-0.05, 0) is 24.6 Å². The Morgan fingerprint density at radius 1 is 1.28 bits per heavy atom. The molecule has 1 aromatic carbocycles. The van der Waals surface area contributed by atoms with Gasteiger partial charge in [-0.25, -0.2) is 17.7 Å². The fraction of sp³-hybridized carbons (Fsp3) is 0.500. The van der Waals surface area contributed by atoms with Gasteiger partial charge in [0.2, 0.25) is 21.8 Å². The predicted octanol–water partition coefficient (Wildman–Crippen LogP) is 3.32. The number of benzene rings is 1. The highest BCUT2D eigenvalue weighted by Crippen LogP contribution is 2.27. The zero-order chi connectivity index (χ0) is 23.5. The number of sulfonamides is 1. The first-order chi connectivity index (χ1) is 15.1. The molecule has 2 aromatic heterocycles. The molecule has 1 amide bonds. The van der Waals surface area contributed by atoms with Crippen LogP contribution < -0.4 is 5.32 Å². The highest BCUT2D eigenvalue weighted by Gasteiger charge is 2.20. The van der Waals surface area contributed by atoms with E-state index in [1.54, 1.807) is 18.2 Å². The number of aromatic nitrogens is 4. The van der Waals surface area contributed by atoms with E-state index in [0.717, 1.165) is 24.9 Å². The van der Waals surface area contributed by atoms with Gasteiger partial charge in [-0.2, -0.15) is 0 Å². The summed E-state index contributed by atoms with van der Waals surface area (Å²) in [7, 11) is -0.578. The minimum atomic E-state index is -3.56. The summed E-state index contributed by atoms with van der Waals surface area (Å²) in [6, 6.07) is 5.00. The van der Waals surface area contributed by atoms with Crippen molar-refractivity contribution >= 4 is 44.7 Å². The molecule has 174 valence electrons. The average Bonchev–Trinajstić information content (AvgIpc) is 3.34. The Balaban J connectivity index is 1.81. The molecule has 3 aromatic rings. The van der Waals surface area contributed by atoms with Crippen molar-refractivity contribution in [2.24, 2.45) is 0 Å². The number of imidazole rings is 1. The number of carbonyl (C=O) groups is 1. The molecular weight excluding hydrogens is 452 g/mol. The van der Waals surface area contributed by atoms with Crippen LogP contribution in [0.2, 0.25) is 0 Å². The number of aryl methyl sites for hydroxylation is 1. The lowest BCUT2D eigenvalue weighted by Gasteiger charge is -2.11. The average molecular weight is 481 g/mol. The van der Waals surface area contributed by atoms with E-state index in [-0.39, 0.29) is 28.5 Å². The topological polar surface area (TPSA) is 123 Å². The molecule has 0 atom stereocenters. The minimum absolute atomic E-state index is 0.0670. The zero-order valence-electron chi connectivity index (χ0n) is 18.8. The second-order valence-electron chi connectivity index (χ2n) is 7.77. The smallest absolute Gasteiger partial charge is 0.322 e. The molecule has 0 aliphatic carbocycles. The zero-order valence-corrected chi connectivity index (χ0v) is 20.5. The molecule has 0 saturated carbocycles. The fourth-order valence-corrected chi connectivity index (χ4v) is 4.67. The normalized spacial score (nSPS) is 12.2. The summed E-state index contributed by atoms with van der Waals surface area (Å²) in [6.07, 6.45) is 1.93. The van der Waals surface area contributed by atoms with Crippen molar-refractivity contribution in [2.45, 2.75) is 56.1 Å². The first-order valence-corrected chi connectivity index (χ1v) is 12.7. The van der Waals surface area contributed by atoms with Crippen LogP contribution in [0.5, 0.6) is 0 Å². The summed E-state index contributed by atoms with van der Waals surface area (Å²) in [5.41, 5.74) is 1.41. The summed E-state index contributed by atoms with van der Waals surface area (Å²) in [5.74, 6) is 0.330. The molecule has 0 unspecified atom stereocenters. The quantitative estimate of drug-likeness (QED) is 0.438. The number of thioether (sulfide) groups is 1. The molecule has 2 heterocycles. The van der Waals surface area contributed by atoms with Gasteiger partial charge in [0.05, 0.1) is 21.7 Å². The van der Waals surface area contributed by atoms with Crippen LogP contribution in [0.1, 0.15) is 45.4 Å². The lowest BCUT2D eigenvalue weighted by Crippen LogP contribution is -2.22. The molecule has 0 bridgehead atoms. The molecule has 0 radical (unpaired) electrons. The Kier molecular flexibility index (Phi) is 7.57. The maximum Gasteiger partial charge on any atom is 0.322 e. The molecule has 0 fully saturated rings. The summed E-state index contributed by atoms with van der Waals surface area (Å²) in [5, 5.41) is 11.0. The number of carbonyl (C=O) groups excluding carboxylic acids is 1. The summed E-state index contributed by atoms with van der Waals surface area (Å²) in [6.45, 7) is 6.66. The number of rotatable bonds is 10. The Morgan fingerprint density at radius 3 is 2.66 bits per heavy atom. The lowest BCUT2D eigenvalue weighted by atomic mass is 10.2. The van der Waals surface area contributed by atoms with E-state index in [9.17, 15) is 13.2 Å². The van der Waals surface area contributed by atoms with Gasteiger partial charge >= 0.3 is 6.01 Å². The van der Waals surface area contributed by atoms with Crippen LogP contribution in [-0.4, -0.2) is 58.2 Å². The molecule has 0 saturated heterocycles. The van der Waals surface area contributed by atoms with Crippen molar-refractivity contribution in [1.82, 2.24) is 24.1 Å². The number of unbranched alkanes of at least 4 members (excludes halogenated alkanes) is 1. The van der Waals surface area contributed by atoms with Crippen LogP contribution in [-0.2, 0) is 21.4 Å².